The summed E-state index contributed by atoms with van der Waals surface area (Å²) in [6.07, 6.45) is 0. The predicted octanol–water partition coefficient (Wildman–Crippen LogP) is 4.55. The summed E-state index contributed by atoms with van der Waals surface area (Å²) >= 11 is 0. The molecule has 0 fully saturated rings. The Morgan fingerprint density at radius 3 is 2.14 bits per heavy atom. The van der Waals surface area contributed by atoms with Crippen molar-refractivity contribution in [3.63, 3.8) is 0 Å². The van der Waals surface area contributed by atoms with E-state index in [1.165, 1.54) is 30.2 Å². The predicted molar refractivity (Wildman–Crippen MR) is 63.9 cm³/mol. The van der Waals surface area contributed by atoms with Gasteiger partial charge in [-0.1, -0.05) is 38.5 Å². The quantitative estimate of drug-likeness (QED) is 0.633. The summed E-state index contributed by atoms with van der Waals surface area (Å²) in [5.41, 5.74) is 4.15. The van der Waals surface area contributed by atoms with E-state index >= 15 is 0 Å². The van der Waals surface area contributed by atoms with Gasteiger partial charge >= 0.3 is 0 Å². The van der Waals surface area contributed by atoms with E-state index in [9.17, 15) is 0 Å². The summed E-state index contributed by atoms with van der Waals surface area (Å²) in [4.78, 5) is 0. The van der Waals surface area contributed by atoms with Gasteiger partial charge in [0.05, 0.1) is 0 Å². The first-order valence-electron chi connectivity index (χ1n) is 4.76. The first kappa shape index (κ1) is 9.43. The number of hydrogen-bond donors (Lipinski definition) is 0. The van der Waals surface area contributed by atoms with Crippen LogP contribution in [0, 0.1) is 13.8 Å². The van der Waals surface area contributed by atoms with E-state index in [0.717, 1.165) is 0 Å². The third-order valence-electron chi connectivity index (χ3n) is 2.40. The van der Waals surface area contributed by atoms with Crippen molar-refractivity contribution in [1.29, 1.82) is 0 Å². The molecule has 0 N–H and O–H groups in total. The summed E-state index contributed by atoms with van der Waals surface area (Å²) in [5, 5.41) is 1.41. The van der Waals surface area contributed by atoms with Crippen molar-refractivity contribution in [3.8, 4) is 10.9 Å². The van der Waals surface area contributed by atoms with Crippen LogP contribution in [0.25, 0.3) is 10.9 Å². The molecule has 0 bridgehead atoms. The first-order chi connectivity index (χ1) is 6.79. The maximum atomic E-state index is 2.21. The monoisotopic (exact) mass is 200 g/mol. The third-order valence-corrected chi connectivity index (χ3v) is 3.37. The lowest BCUT2D eigenvalue weighted by molar-refractivity contribution is 1.39. The Hall–Kier alpha value is -1.13. The van der Waals surface area contributed by atoms with E-state index in [0.29, 0.717) is 0 Å². The van der Waals surface area contributed by atoms with E-state index in [4.69, 9.17) is 0 Å². The second-order valence-corrected chi connectivity index (χ2v) is 4.52. The Labute approximate surface area is 86.7 Å². The van der Waals surface area contributed by atoms with Gasteiger partial charge in [-0.3, -0.25) is 0 Å². The van der Waals surface area contributed by atoms with Gasteiger partial charge in [0.15, 0.2) is 0 Å². The molecule has 2 aromatic rings. The lowest BCUT2D eigenvalue weighted by atomic mass is 10.0. The minimum absolute atomic E-state index is 1.30. The normalized spacial score (nSPS) is 10.7. The van der Waals surface area contributed by atoms with Crippen LogP contribution in [0.5, 0.6) is 0 Å². The molecular weight excluding hydrogens is 187 g/mol. The van der Waals surface area contributed by atoms with Crippen molar-refractivity contribution in [2.24, 2.45) is 0 Å². The van der Waals surface area contributed by atoms with Crippen molar-refractivity contribution < 1.29 is 0 Å². The average Bonchev–Trinajstić information content (AvgIpc) is 2.19. The van der Waals surface area contributed by atoms with Crippen molar-refractivity contribution in [1.82, 2.24) is 0 Å². The minimum atomic E-state index is 1.30. The van der Waals surface area contributed by atoms with Crippen LogP contribution >= 0.6 is 8.19 Å². The molecule has 1 aromatic heterocycles. The number of aryl methyl sites for hydroxylation is 2. The summed E-state index contributed by atoms with van der Waals surface area (Å²) in [6.45, 7) is 4.36. The molecule has 0 radical (unpaired) electrons. The van der Waals surface area contributed by atoms with Gasteiger partial charge in [0.25, 0.3) is 0 Å². The topological polar surface area (TPSA) is 0 Å². The van der Waals surface area contributed by atoms with Crippen LogP contribution in [0.15, 0.2) is 42.2 Å². The Morgan fingerprint density at radius 2 is 1.57 bits per heavy atom. The molecule has 0 spiro atoms. The molecule has 1 heteroatoms. The molecule has 0 aliphatic rings. The molecule has 0 saturated carbocycles. The lowest BCUT2D eigenvalue weighted by Crippen LogP contribution is -1.84. The highest BCUT2D eigenvalue weighted by Crippen LogP contribution is 2.32. The largest absolute Gasteiger partial charge is 0.0678 e. The average molecular weight is 200 g/mol. The summed E-state index contributed by atoms with van der Waals surface area (Å²) in [5.74, 6) is 2.18. The molecule has 0 saturated heterocycles. The standard InChI is InChI=1S/C13H13P/c1-10-6-5-7-11(2)13(10)12-8-3-4-9-14-12/h3-9H,1-2H3. The van der Waals surface area contributed by atoms with Crippen molar-refractivity contribution >= 4 is 8.19 Å². The molecule has 70 valence electrons. The van der Waals surface area contributed by atoms with Gasteiger partial charge in [0, 0.05) is 5.30 Å². The second kappa shape index (κ2) is 3.94. The highest BCUT2D eigenvalue weighted by Gasteiger charge is 2.03. The Kier molecular flexibility index (Phi) is 2.65. The summed E-state index contributed by atoms with van der Waals surface area (Å²) in [7, 11) is 1.30. The molecule has 0 amide bonds. The molecule has 0 nitrogen and oxygen atoms in total. The van der Waals surface area contributed by atoms with Crippen LogP contribution in [-0.2, 0) is 0 Å². The van der Waals surface area contributed by atoms with Gasteiger partial charge < -0.3 is 0 Å². The Balaban J connectivity index is 2.63. The molecule has 1 aromatic carbocycles. The molecular formula is C13H13P. The van der Waals surface area contributed by atoms with E-state index < -0.39 is 0 Å². The zero-order chi connectivity index (χ0) is 9.97. The fourth-order valence-electron chi connectivity index (χ4n) is 1.73. The second-order valence-electron chi connectivity index (χ2n) is 3.48. The van der Waals surface area contributed by atoms with Gasteiger partial charge in [0.1, 0.15) is 0 Å². The SMILES string of the molecule is Cc1cccc(C)c1-c1ccccp1. The molecule has 2 rings (SSSR count). The van der Waals surface area contributed by atoms with E-state index in [1.54, 1.807) is 0 Å². The summed E-state index contributed by atoms with van der Waals surface area (Å²) in [6, 6.07) is 12.9. The Morgan fingerprint density at radius 1 is 0.857 bits per heavy atom. The van der Waals surface area contributed by atoms with Crippen LogP contribution in [0.4, 0.5) is 0 Å². The van der Waals surface area contributed by atoms with E-state index in [1.807, 2.05) is 0 Å². The summed E-state index contributed by atoms with van der Waals surface area (Å²) < 4.78 is 0. The molecule has 0 aliphatic carbocycles. The van der Waals surface area contributed by atoms with E-state index in [-0.39, 0.29) is 0 Å². The highest BCUT2D eigenvalue weighted by atomic mass is 31.0. The lowest BCUT2D eigenvalue weighted by Gasteiger charge is -2.08. The van der Waals surface area contributed by atoms with Gasteiger partial charge in [0.2, 0.25) is 0 Å². The number of hydrogen-bond acceptors (Lipinski definition) is 0. The van der Waals surface area contributed by atoms with Crippen molar-refractivity contribution in [2.75, 3.05) is 0 Å². The molecule has 14 heavy (non-hydrogen) atoms. The molecule has 0 aliphatic heterocycles. The zero-order valence-electron chi connectivity index (χ0n) is 8.49. The molecule has 0 atom stereocenters. The fraction of sp³-hybridized carbons (Fsp3) is 0.154. The minimum Gasteiger partial charge on any atom is -0.0678 e. The van der Waals surface area contributed by atoms with Gasteiger partial charge in [-0.25, -0.2) is 0 Å². The number of rotatable bonds is 1. The van der Waals surface area contributed by atoms with Crippen molar-refractivity contribution in [2.45, 2.75) is 13.8 Å². The van der Waals surface area contributed by atoms with Crippen LogP contribution in [0.3, 0.4) is 0 Å². The first-order valence-corrected chi connectivity index (χ1v) is 5.73. The van der Waals surface area contributed by atoms with Crippen LogP contribution in [-0.4, -0.2) is 0 Å². The maximum Gasteiger partial charge on any atom is 0.00955 e. The van der Waals surface area contributed by atoms with Crippen LogP contribution in [0.2, 0.25) is 0 Å². The van der Waals surface area contributed by atoms with E-state index in [2.05, 4.69) is 56.0 Å². The third kappa shape index (κ3) is 1.71. The Bertz CT molecular complexity index is 412. The number of benzene rings is 1. The smallest absolute Gasteiger partial charge is 0.00955 e. The van der Waals surface area contributed by atoms with Gasteiger partial charge in [-0.2, -0.15) is 0 Å². The highest BCUT2D eigenvalue weighted by molar-refractivity contribution is 7.33. The van der Waals surface area contributed by atoms with Crippen molar-refractivity contribution in [3.05, 3.63) is 53.3 Å². The van der Waals surface area contributed by atoms with Crippen LogP contribution in [0.1, 0.15) is 11.1 Å². The van der Waals surface area contributed by atoms with Gasteiger partial charge in [-0.15, -0.1) is 0 Å². The van der Waals surface area contributed by atoms with Crippen LogP contribution < -0.4 is 0 Å². The van der Waals surface area contributed by atoms with Gasteiger partial charge in [-0.05, 0) is 42.4 Å². The fourth-order valence-corrected chi connectivity index (χ4v) is 2.73. The molecule has 0 unspecified atom stereocenters. The molecule has 1 heterocycles. The zero-order valence-corrected chi connectivity index (χ0v) is 9.38. The maximum absolute atomic E-state index is 2.21.